The predicted octanol–water partition coefficient (Wildman–Crippen LogP) is 2.03. The van der Waals surface area contributed by atoms with Crippen LogP contribution in [-0.2, 0) is 9.47 Å². The lowest BCUT2D eigenvalue weighted by atomic mass is 10.3. The molecule has 0 radical (unpaired) electrons. The SMILES string of the molecule is CCOC(=O)Nc1cc(NNc2cc(NC(=O)OCC)nc(N)c2[N+](=O)[O-])c([N+](=O)[O-])c(N)n1. The Kier molecular flexibility index (Phi) is 8.07. The summed E-state index contributed by atoms with van der Waals surface area (Å²) in [6.07, 6.45) is -1.79. The number of amides is 2. The fourth-order valence-corrected chi connectivity index (χ4v) is 2.50. The summed E-state index contributed by atoms with van der Waals surface area (Å²) in [6, 6.07) is 2.07. The molecule has 18 nitrogen and oxygen atoms in total. The van der Waals surface area contributed by atoms with Gasteiger partial charge in [0, 0.05) is 12.1 Å². The van der Waals surface area contributed by atoms with Crippen LogP contribution < -0.4 is 33.0 Å². The maximum absolute atomic E-state index is 11.6. The van der Waals surface area contributed by atoms with Crippen LogP contribution in [-0.4, -0.2) is 45.2 Å². The molecule has 2 heterocycles. The fraction of sp³-hybridized carbons (Fsp3) is 0.250. The summed E-state index contributed by atoms with van der Waals surface area (Å²) in [7, 11) is 0. The molecule has 18 heteroatoms. The van der Waals surface area contributed by atoms with Gasteiger partial charge < -0.3 is 20.9 Å². The standard InChI is InChI=1S/C16H20N10O8/c1-3-33-15(27)21-9-5-7(11(25(29)30)13(17)19-9)23-24-8-6-10(22-16(28)34-4-2)20-14(18)12(8)26(31)32/h5-6H,3-4H2,1-2H3,(H4,17,19,21,23,27)(H4,18,20,22,24,28). The van der Waals surface area contributed by atoms with Gasteiger partial charge in [0.2, 0.25) is 11.6 Å². The van der Waals surface area contributed by atoms with Gasteiger partial charge in [-0.25, -0.2) is 19.6 Å². The molecule has 2 amide bonds. The zero-order chi connectivity index (χ0) is 25.4. The highest BCUT2D eigenvalue weighted by molar-refractivity contribution is 5.88. The van der Waals surface area contributed by atoms with E-state index in [4.69, 9.17) is 20.9 Å². The molecule has 0 spiro atoms. The number of carbonyl (C=O) groups is 2. The normalized spacial score (nSPS) is 10.1. The van der Waals surface area contributed by atoms with E-state index in [9.17, 15) is 29.8 Å². The van der Waals surface area contributed by atoms with Crippen molar-refractivity contribution < 1.29 is 28.9 Å². The Morgan fingerprint density at radius 2 is 1.21 bits per heavy atom. The minimum Gasteiger partial charge on any atom is -0.450 e. The number of hydrogen-bond donors (Lipinski definition) is 6. The molecule has 0 aromatic carbocycles. The Hall–Kier alpha value is -5.16. The van der Waals surface area contributed by atoms with E-state index >= 15 is 0 Å². The monoisotopic (exact) mass is 480 g/mol. The van der Waals surface area contributed by atoms with Crippen LogP contribution in [0.3, 0.4) is 0 Å². The van der Waals surface area contributed by atoms with Crippen molar-refractivity contribution in [3.8, 4) is 0 Å². The van der Waals surface area contributed by atoms with Crippen LogP contribution in [0.25, 0.3) is 0 Å². The second-order valence-electron chi connectivity index (χ2n) is 6.03. The second kappa shape index (κ2) is 10.9. The van der Waals surface area contributed by atoms with Gasteiger partial charge in [0.1, 0.15) is 23.0 Å². The lowest BCUT2D eigenvalue weighted by molar-refractivity contribution is -0.383. The quantitative estimate of drug-likeness (QED) is 0.221. The first-order valence-corrected chi connectivity index (χ1v) is 9.36. The van der Waals surface area contributed by atoms with Crippen molar-refractivity contribution in [1.82, 2.24) is 9.97 Å². The first-order valence-electron chi connectivity index (χ1n) is 9.36. The van der Waals surface area contributed by atoms with Crippen molar-refractivity contribution in [2.45, 2.75) is 13.8 Å². The lowest BCUT2D eigenvalue weighted by Crippen LogP contribution is -2.18. The van der Waals surface area contributed by atoms with Crippen LogP contribution in [0.4, 0.5) is 55.6 Å². The van der Waals surface area contributed by atoms with Crippen LogP contribution in [0.2, 0.25) is 0 Å². The number of nitrogens with one attached hydrogen (secondary N) is 4. The summed E-state index contributed by atoms with van der Waals surface area (Å²) in [5.41, 5.74) is 14.0. The number of anilines is 6. The number of pyridine rings is 2. The van der Waals surface area contributed by atoms with E-state index in [0.29, 0.717) is 0 Å². The molecule has 2 rings (SSSR count). The number of hydrogen-bond acceptors (Lipinski definition) is 14. The van der Waals surface area contributed by atoms with Gasteiger partial charge in [-0.1, -0.05) is 0 Å². The molecule has 0 aliphatic heterocycles. The first kappa shape index (κ1) is 25.1. The van der Waals surface area contributed by atoms with Gasteiger partial charge >= 0.3 is 23.6 Å². The van der Waals surface area contributed by atoms with E-state index in [0.717, 1.165) is 12.1 Å². The Labute approximate surface area is 190 Å². The number of rotatable bonds is 9. The van der Waals surface area contributed by atoms with Crippen LogP contribution >= 0.6 is 0 Å². The number of hydrazine groups is 1. The van der Waals surface area contributed by atoms with E-state index in [2.05, 4.69) is 31.5 Å². The Morgan fingerprint density at radius 3 is 1.50 bits per heavy atom. The third-order valence-corrected chi connectivity index (χ3v) is 3.75. The highest BCUT2D eigenvalue weighted by Crippen LogP contribution is 2.35. The summed E-state index contributed by atoms with van der Waals surface area (Å²) in [4.78, 5) is 51.9. The van der Waals surface area contributed by atoms with Crippen molar-refractivity contribution in [2.75, 3.05) is 46.2 Å². The van der Waals surface area contributed by atoms with Crippen LogP contribution in [0, 0.1) is 20.2 Å². The van der Waals surface area contributed by atoms with Crippen LogP contribution in [0.5, 0.6) is 0 Å². The molecule has 0 aliphatic carbocycles. The molecule has 0 aliphatic rings. The maximum Gasteiger partial charge on any atom is 0.412 e. The molecule has 34 heavy (non-hydrogen) atoms. The Bertz CT molecular complexity index is 1040. The van der Waals surface area contributed by atoms with Crippen molar-refractivity contribution in [3.63, 3.8) is 0 Å². The fourth-order valence-electron chi connectivity index (χ4n) is 2.50. The van der Waals surface area contributed by atoms with Gasteiger partial charge in [0.05, 0.1) is 23.1 Å². The van der Waals surface area contributed by atoms with E-state index in [-0.39, 0.29) is 36.2 Å². The molecule has 2 aromatic heterocycles. The van der Waals surface area contributed by atoms with Crippen molar-refractivity contribution in [3.05, 3.63) is 32.4 Å². The lowest BCUT2D eigenvalue weighted by Gasteiger charge is -2.14. The topological polar surface area (TPSA) is 265 Å². The highest BCUT2D eigenvalue weighted by Gasteiger charge is 2.25. The number of nitrogens with zero attached hydrogens (tertiary/aromatic N) is 4. The van der Waals surface area contributed by atoms with Gasteiger partial charge in [0.25, 0.3) is 0 Å². The molecule has 0 fully saturated rings. The summed E-state index contributed by atoms with van der Waals surface area (Å²) in [6.45, 7) is 3.23. The number of nitrogen functional groups attached to an aromatic ring is 2. The molecular formula is C16H20N10O8. The highest BCUT2D eigenvalue weighted by atomic mass is 16.6. The largest absolute Gasteiger partial charge is 0.450 e. The van der Waals surface area contributed by atoms with Crippen molar-refractivity contribution >= 4 is 58.2 Å². The molecule has 0 saturated heterocycles. The third-order valence-electron chi connectivity index (χ3n) is 3.75. The molecule has 182 valence electrons. The molecule has 0 saturated carbocycles. The number of carbonyl (C=O) groups excluding carboxylic acids is 2. The maximum atomic E-state index is 11.6. The van der Waals surface area contributed by atoms with Crippen molar-refractivity contribution in [2.24, 2.45) is 0 Å². The number of aromatic nitrogens is 2. The van der Waals surface area contributed by atoms with Crippen LogP contribution in [0.15, 0.2) is 12.1 Å². The average Bonchev–Trinajstić information content (AvgIpc) is 2.71. The smallest absolute Gasteiger partial charge is 0.412 e. The van der Waals surface area contributed by atoms with E-state index < -0.39 is 45.0 Å². The molecular weight excluding hydrogens is 460 g/mol. The van der Waals surface area contributed by atoms with E-state index in [1.165, 1.54) is 0 Å². The summed E-state index contributed by atoms with van der Waals surface area (Å²) in [5, 5.41) is 27.4. The summed E-state index contributed by atoms with van der Waals surface area (Å²) >= 11 is 0. The van der Waals surface area contributed by atoms with E-state index in [1.807, 2.05) is 0 Å². The zero-order valence-corrected chi connectivity index (χ0v) is 17.8. The predicted molar refractivity (Wildman–Crippen MR) is 119 cm³/mol. The minimum absolute atomic E-state index is 0.0518. The van der Waals surface area contributed by atoms with Gasteiger partial charge in [-0.3, -0.25) is 41.7 Å². The van der Waals surface area contributed by atoms with Gasteiger partial charge in [-0.05, 0) is 13.8 Å². The summed E-state index contributed by atoms with van der Waals surface area (Å²) < 4.78 is 9.42. The Balaban J connectivity index is 2.43. The number of nitro groups is 2. The van der Waals surface area contributed by atoms with Gasteiger partial charge in [0.15, 0.2) is 0 Å². The molecule has 0 bridgehead atoms. The van der Waals surface area contributed by atoms with Crippen LogP contribution in [0.1, 0.15) is 13.8 Å². The zero-order valence-electron chi connectivity index (χ0n) is 17.8. The second-order valence-corrected chi connectivity index (χ2v) is 6.03. The molecule has 0 atom stereocenters. The average molecular weight is 480 g/mol. The van der Waals surface area contributed by atoms with Crippen molar-refractivity contribution in [1.29, 1.82) is 0 Å². The van der Waals surface area contributed by atoms with Gasteiger partial charge in [-0.2, -0.15) is 0 Å². The van der Waals surface area contributed by atoms with E-state index in [1.54, 1.807) is 13.8 Å². The first-order chi connectivity index (χ1) is 16.1. The molecule has 0 unspecified atom stereocenters. The third kappa shape index (κ3) is 6.18. The number of ether oxygens (including phenoxy) is 2. The number of nitrogens with two attached hydrogens (primary N) is 2. The summed E-state index contributed by atoms with van der Waals surface area (Å²) in [5.74, 6) is -1.56. The van der Waals surface area contributed by atoms with Gasteiger partial charge in [-0.15, -0.1) is 0 Å². The molecule has 2 aromatic rings. The Morgan fingerprint density at radius 1 is 0.853 bits per heavy atom. The minimum atomic E-state index is -0.894. The molecule has 8 N–H and O–H groups in total.